The van der Waals surface area contributed by atoms with E-state index in [2.05, 4.69) is 45.7 Å². The van der Waals surface area contributed by atoms with Gasteiger partial charge in [0.1, 0.15) is 11.6 Å². The normalized spacial score (nSPS) is 17.8. The summed E-state index contributed by atoms with van der Waals surface area (Å²) in [7, 11) is 0. The molecular weight excluding hydrogens is 386 g/mol. The van der Waals surface area contributed by atoms with Crippen LogP contribution in [0.4, 0.5) is 5.69 Å². The number of nitrogens with zero attached hydrogens (tertiary/aromatic N) is 6. The molecule has 3 aromatic rings. The van der Waals surface area contributed by atoms with Crippen molar-refractivity contribution >= 4 is 5.69 Å². The molecule has 2 aliphatic carbocycles. The summed E-state index contributed by atoms with van der Waals surface area (Å²) < 4.78 is 2.43. The molecule has 0 bridgehead atoms. The van der Waals surface area contributed by atoms with Crippen LogP contribution in [-0.2, 0) is 12.8 Å². The predicted molar refractivity (Wildman–Crippen MR) is 121 cm³/mol. The Bertz CT molecular complexity index is 1110. The third-order valence-corrected chi connectivity index (χ3v) is 6.60. The fourth-order valence-electron chi connectivity index (χ4n) is 4.86. The summed E-state index contributed by atoms with van der Waals surface area (Å²) in [4.78, 5) is 21.8. The molecule has 0 spiro atoms. The van der Waals surface area contributed by atoms with E-state index in [9.17, 15) is 0 Å². The van der Waals surface area contributed by atoms with E-state index >= 15 is 0 Å². The molecule has 2 fully saturated rings. The van der Waals surface area contributed by atoms with Gasteiger partial charge in [0.2, 0.25) is 0 Å². The molecule has 0 radical (unpaired) electrons. The number of rotatable bonds is 5. The molecule has 1 aliphatic heterocycles. The molecule has 3 aromatic heterocycles. The highest BCUT2D eigenvalue weighted by atomic mass is 15.2. The van der Waals surface area contributed by atoms with Gasteiger partial charge in [-0.15, -0.1) is 0 Å². The van der Waals surface area contributed by atoms with E-state index < -0.39 is 0 Å². The Morgan fingerprint density at radius 1 is 1.06 bits per heavy atom. The number of hydrogen-bond acceptors (Lipinski definition) is 6. The predicted octanol–water partition coefficient (Wildman–Crippen LogP) is 3.10. The van der Waals surface area contributed by atoms with Gasteiger partial charge in [-0.25, -0.2) is 15.0 Å². The van der Waals surface area contributed by atoms with Gasteiger partial charge in [0.05, 0.1) is 35.4 Å². The van der Waals surface area contributed by atoms with Gasteiger partial charge >= 0.3 is 0 Å². The molecule has 1 saturated heterocycles. The first kappa shape index (κ1) is 18.9. The minimum atomic E-state index is 0.385. The lowest BCUT2D eigenvalue weighted by Gasteiger charge is -2.29. The number of piperazine rings is 1. The molecule has 4 heterocycles. The van der Waals surface area contributed by atoms with Gasteiger partial charge in [-0.3, -0.25) is 4.98 Å². The average molecular weight is 416 g/mol. The second-order valence-electron chi connectivity index (χ2n) is 9.26. The van der Waals surface area contributed by atoms with Crippen LogP contribution in [0, 0.1) is 0 Å². The van der Waals surface area contributed by atoms with Crippen LogP contribution in [0.1, 0.15) is 67.2 Å². The summed E-state index contributed by atoms with van der Waals surface area (Å²) in [6.45, 7) is 8.62. The standard InChI is InChI=1S/C24H29N7/c1-15(2)31-23-20(28-24(31)16-3-4-16)11-17-13-27-21(29-22(17)23)12-18-5-6-19(14-26-18)30-9-7-25-8-10-30/h5-6,13-16,25H,3-4,7-12H2,1-2H3. The third kappa shape index (κ3) is 3.41. The number of aromatic nitrogens is 5. The summed E-state index contributed by atoms with van der Waals surface area (Å²) in [6, 6.07) is 4.67. The van der Waals surface area contributed by atoms with E-state index in [-0.39, 0.29) is 0 Å². The monoisotopic (exact) mass is 415 g/mol. The van der Waals surface area contributed by atoms with Crippen LogP contribution in [0.2, 0.25) is 0 Å². The lowest BCUT2D eigenvalue weighted by atomic mass is 10.2. The molecule has 3 aliphatic rings. The van der Waals surface area contributed by atoms with Crippen molar-refractivity contribution in [1.29, 1.82) is 0 Å². The van der Waals surface area contributed by atoms with Crippen molar-refractivity contribution < 1.29 is 0 Å². The lowest BCUT2D eigenvalue weighted by Crippen LogP contribution is -2.43. The first-order valence-electron chi connectivity index (χ1n) is 11.5. The van der Waals surface area contributed by atoms with Gasteiger partial charge in [-0.2, -0.15) is 0 Å². The number of fused-ring (bicyclic) bond motifs is 3. The van der Waals surface area contributed by atoms with E-state index in [1.807, 2.05) is 12.4 Å². The first-order chi connectivity index (χ1) is 15.2. The molecule has 1 N–H and O–H groups in total. The van der Waals surface area contributed by atoms with Gasteiger partial charge in [-0.05, 0) is 38.8 Å². The van der Waals surface area contributed by atoms with Crippen LogP contribution in [0.5, 0.6) is 0 Å². The molecule has 0 aromatic carbocycles. The van der Waals surface area contributed by atoms with Gasteiger partial charge in [0, 0.05) is 62.0 Å². The van der Waals surface area contributed by atoms with Crippen molar-refractivity contribution in [2.24, 2.45) is 0 Å². The Kier molecular flexibility index (Phi) is 4.52. The van der Waals surface area contributed by atoms with Crippen LogP contribution in [0.3, 0.4) is 0 Å². The Balaban J connectivity index is 1.27. The molecule has 160 valence electrons. The van der Waals surface area contributed by atoms with Crippen LogP contribution in [0.15, 0.2) is 24.5 Å². The quantitative estimate of drug-likeness (QED) is 0.540. The molecule has 0 unspecified atom stereocenters. The van der Waals surface area contributed by atoms with Crippen molar-refractivity contribution in [1.82, 2.24) is 29.8 Å². The second kappa shape index (κ2) is 7.41. The topological polar surface area (TPSA) is 71.8 Å². The van der Waals surface area contributed by atoms with Crippen molar-refractivity contribution in [2.75, 3.05) is 31.1 Å². The van der Waals surface area contributed by atoms with Gasteiger partial charge in [0.15, 0.2) is 0 Å². The van der Waals surface area contributed by atoms with E-state index in [0.717, 1.165) is 49.8 Å². The summed E-state index contributed by atoms with van der Waals surface area (Å²) in [6.07, 6.45) is 8.01. The summed E-state index contributed by atoms with van der Waals surface area (Å²) in [5, 5.41) is 3.39. The first-order valence-corrected chi connectivity index (χ1v) is 11.5. The van der Waals surface area contributed by atoms with Crippen molar-refractivity contribution in [2.45, 2.75) is 51.5 Å². The number of anilines is 1. The Morgan fingerprint density at radius 3 is 2.61 bits per heavy atom. The fourth-order valence-corrected chi connectivity index (χ4v) is 4.86. The van der Waals surface area contributed by atoms with E-state index in [1.165, 1.54) is 41.3 Å². The van der Waals surface area contributed by atoms with Gasteiger partial charge in [-0.1, -0.05) is 0 Å². The fraction of sp³-hybridized carbons (Fsp3) is 0.500. The smallest absolute Gasteiger partial charge is 0.134 e. The Hall–Kier alpha value is -2.80. The number of nitrogens with one attached hydrogen (secondary N) is 1. The summed E-state index contributed by atoms with van der Waals surface area (Å²) in [5.74, 6) is 2.73. The molecule has 0 atom stereocenters. The largest absolute Gasteiger partial charge is 0.368 e. The molecule has 31 heavy (non-hydrogen) atoms. The number of pyridine rings is 1. The second-order valence-corrected chi connectivity index (χ2v) is 9.26. The Morgan fingerprint density at radius 2 is 1.90 bits per heavy atom. The van der Waals surface area contributed by atoms with Crippen molar-refractivity contribution in [3.05, 3.63) is 53.1 Å². The minimum Gasteiger partial charge on any atom is -0.368 e. The minimum absolute atomic E-state index is 0.385. The van der Waals surface area contributed by atoms with Crippen molar-refractivity contribution in [3.8, 4) is 11.4 Å². The molecule has 0 amide bonds. The zero-order valence-corrected chi connectivity index (χ0v) is 18.3. The highest BCUT2D eigenvalue weighted by Gasteiger charge is 2.36. The van der Waals surface area contributed by atoms with E-state index in [1.54, 1.807) is 0 Å². The van der Waals surface area contributed by atoms with Gasteiger partial charge in [0.25, 0.3) is 0 Å². The maximum absolute atomic E-state index is 5.03. The molecule has 7 nitrogen and oxygen atoms in total. The maximum atomic E-state index is 5.03. The lowest BCUT2D eigenvalue weighted by molar-refractivity contribution is 0.573. The Labute approximate surface area is 183 Å². The summed E-state index contributed by atoms with van der Waals surface area (Å²) in [5.41, 5.74) is 6.87. The van der Waals surface area contributed by atoms with E-state index in [4.69, 9.17) is 15.0 Å². The summed E-state index contributed by atoms with van der Waals surface area (Å²) >= 11 is 0. The van der Waals surface area contributed by atoms with Gasteiger partial charge < -0.3 is 14.8 Å². The average Bonchev–Trinajstić information content (AvgIpc) is 3.48. The highest BCUT2D eigenvalue weighted by molar-refractivity contribution is 5.69. The van der Waals surface area contributed by atoms with Crippen LogP contribution >= 0.6 is 0 Å². The van der Waals surface area contributed by atoms with Crippen molar-refractivity contribution in [3.63, 3.8) is 0 Å². The van der Waals surface area contributed by atoms with E-state index in [0.29, 0.717) is 18.4 Å². The molecule has 6 rings (SSSR count). The molecular formula is C24H29N7. The van der Waals surface area contributed by atoms with Crippen LogP contribution in [-0.4, -0.2) is 50.7 Å². The van der Waals surface area contributed by atoms with Crippen LogP contribution < -0.4 is 10.2 Å². The number of imidazole rings is 1. The number of hydrogen-bond donors (Lipinski definition) is 1. The SMILES string of the molecule is CC(C)n1c(C2CC2)nc2c1-c1nc(Cc3ccc(N4CCNCC4)cn3)ncc1C2. The highest BCUT2D eigenvalue weighted by Crippen LogP contribution is 2.45. The zero-order chi connectivity index (χ0) is 20.9. The van der Waals surface area contributed by atoms with Crippen LogP contribution in [0.25, 0.3) is 11.4 Å². The maximum Gasteiger partial charge on any atom is 0.134 e. The third-order valence-electron chi connectivity index (χ3n) is 6.60. The zero-order valence-electron chi connectivity index (χ0n) is 18.3. The molecule has 1 saturated carbocycles. The molecule has 7 heteroatoms.